The van der Waals surface area contributed by atoms with Crippen molar-refractivity contribution >= 4 is 17.6 Å². The van der Waals surface area contributed by atoms with E-state index in [1.807, 2.05) is 71.4 Å². The second-order valence-electron chi connectivity index (χ2n) is 7.39. The fourth-order valence-electron chi connectivity index (χ4n) is 3.32. The van der Waals surface area contributed by atoms with Gasteiger partial charge in [0.25, 0.3) is 0 Å². The lowest BCUT2D eigenvalue weighted by atomic mass is 10.1. The Morgan fingerprint density at radius 1 is 0.879 bits per heavy atom. The van der Waals surface area contributed by atoms with Crippen molar-refractivity contribution < 1.29 is 19.4 Å². The Labute approximate surface area is 191 Å². The minimum atomic E-state index is -1.00. The average Bonchev–Trinajstić information content (AvgIpc) is 3.28. The summed E-state index contributed by atoms with van der Waals surface area (Å²) in [4.78, 5) is 22.3. The average molecular weight is 441 g/mol. The predicted molar refractivity (Wildman–Crippen MR) is 125 cm³/mol. The molecule has 7 nitrogen and oxygen atoms in total. The fourth-order valence-corrected chi connectivity index (χ4v) is 3.32. The van der Waals surface area contributed by atoms with Crippen LogP contribution in [0, 0.1) is 0 Å². The van der Waals surface area contributed by atoms with Crippen LogP contribution < -0.4 is 10.1 Å². The number of para-hydroxylation sites is 1. The maximum atomic E-state index is 11.8. The highest BCUT2D eigenvalue weighted by atomic mass is 16.5. The lowest BCUT2D eigenvalue weighted by Gasteiger charge is -2.08. The zero-order chi connectivity index (χ0) is 23.0. The third kappa shape index (κ3) is 5.86. The van der Waals surface area contributed by atoms with Crippen LogP contribution in [0.2, 0.25) is 0 Å². The molecule has 0 bridgehead atoms. The molecule has 2 N–H and O–H groups in total. The molecular formula is C26H23N3O4. The van der Waals surface area contributed by atoms with Crippen molar-refractivity contribution in [2.75, 3.05) is 5.32 Å². The summed E-state index contributed by atoms with van der Waals surface area (Å²) in [5.74, 6) is -0.709. The Morgan fingerprint density at radius 3 is 2.21 bits per heavy atom. The van der Waals surface area contributed by atoms with Crippen molar-refractivity contribution in [1.29, 1.82) is 0 Å². The van der Waals surface area contributed by atoms with Crippen molar-refractivity contribution in [3.8, 4) is 22.7 Å². The van der Waals surface area contributed by atoms with E-state index in [1.54, 1.807) is 24.3 Å². The zero-order valence-electron chi connectivity index (χ0n) is 17.8. The number of rotatable bonds is 9. The van der Waals surface area contributed by atoms with Crippen molar-refractivity contribution in [3.05, 3.63) is 96.7 Å². The fraction of sp³-hybridized carbons (Fsp3) is 0.115. The summed E-state index contributed by atoms with van der Waals surface area (Å²) >= 11 is 0. The van der Waals surface area contributed by atoms with Crippen molar-refractivity contribution in [2.45, 2.75) is 19.4 Å². The number of amides is 1. The standard InChI is InChI=1S/C26H23N3O4/c30-25(15-16-26(31)32)27-20-11-13-23(14-12-20)33-18-21-17-24(19-7-3-1-4-8-19)29(28-21)22-9-5-2-6-10-22/h1-14,17H,15-16,18H2,(H,27,30)(H,31,32). The number of hydrogen-bond acceptors (Lipinski definition) is 4. The van der Waals surface area contributed by atoms with E-state index in [0.29, 0.717) is 11.4 Å². The van der Waals surface area contributed by atoms with E-state index in [0.717, 1.165) is 22.6 Å². The zero-order valence-corrected chi connectivity index (χ0v) is 17.8. The molecule has 7 heteroatoms. The number of nitrogens with one attached hydrogen (secondary N) is 1. The highest BCUT2D eigenvalue weighted by molar-refractivity contribution is 5.92. The van der Waals surface area contributed by atoms with Crippen LogP contribution >= 0.6 is 0 Å². The van der Waals surface area contributed by atoms with E-state index >= 15 is 0 Å². The van der Waals surface area contributed by atoms with E-state index in [2.05, 4.69) is 5.32 Å². The molecule has 1 amide bonds. The van der Waals surface area contributed by atoms with Crippen LogP contribution in [0.15, 0.2) is 91.0 Å². The van der Waals surface area contributed by atoms with Crippen molar-refractivity contribution in [1.82, 2.24) is 9.78 Å². The molecule has 0 aliphatic heterocycles. The number of aliphatic carboxylic acids is 1. The van der Waals surface area contributed by atoms with Gasteiger partial charge in [0.2, 0.25) is 5.91 Å². The van der Waals surface area contributed by atoms with Crippen LogP contribution in [-0.4, -0.2) is 26.8 Å². The van der Waals surface area contributed by atoms with Gasteiger partial charge < -0.3 is 15.2 Å². The van der Waals surface area contributed by atoms with Gasteiger partial charge in [-0.25, -0.2) is 4.68 Å². The maximum absolute atomic E-state index is 11.8. The molecule has 1 heterocycles. The minimum Gasteiger partial charge on any atom is -0.487 e. The summed E-state index contributed by atoms with van der Waals surface area (Å²) in [6.45, 7) is 0.282. The van der Waals surface area contributed by atoms with Crippen molar-refractivity contribution in [2.24, 2.45) is 0 Å². The minimum absolute atomic E-state index is 0.0681. The molecule has 4 rings (SSSR count). The molecule has 0 aliphatic carbocycles. The number of nitrogens with zero attached hydrogens (tertiary/aromatic N) is 2. The Morgan fingerprint density at radius 2 is 1.55 bits per heavy atom. The molecule has 0 unspecified atom stereocenters. The number of hydrogen-bond donors (Lipinski definition) is 2. The molecule has 166 valence electrons. The Kier molecular flexibility index (Phi) is 6.80. The number of carboxylic acid groups (broad SMARTS) is 1. The molecule has 1 aromatic heterocycles. The van der Waals surface area contributed by atoms with Gasteiger partial charge in [-0.15, -0.1) is 0 Å². The largest absolute Gasteiger partial charge is 0.487 e. The summed E-state index contributed by atoms with van der Waals surface area (Å²) in [5, 5.41) is 16.1. The second kappa shape index (κ2) is 10.3. The Hall–Kier alpha value is -4.39. The number of carbonyl (C=O) groups excluding carboxylic acids is 1. The third-order valence-corrected chi connectivity index (χ3v) is 4.92. The highest BCUT2D eigenvalue weighted by Crippen LogP contribution is 2.25. The van der Waals surface area contributed by atoms with Gasteiger partial charge in [-0.3, -0.25) is 9.59 Å². The van der Waals surface area contributed by atoms with Gasteiger partial charge in [-0.2, -0.15) is 5.10 Å². The topological polar surface area (TPSA) is 93.5 Å². The number of benzene rings is 3. The first-order valence-electron chi connectivity index (χ1n) is 10.5. The molecule has 4 aromatic rings. The first kappa shape index (κ1) is 21.8. The number of carbonyl (C=O) groups is 2. The number of ether oxygens (including phenoxy) is 1. The van der Waals surface area contributed by atoms with Gasteiger partial charge in [-0.05, 0) is 42.5 Å². The molecule has 0 aliphatic rings. The Bertz CT molecular complexity index is 1160. The molecular weight excluding hydrogens is 418 g/mol. The van der Waals surface area contributed by atoms with Crippen LogP contribution in [0.1, 0.15) is 18.5 Å². The van der Waals surface area contributed by atoms with Crippen LogP contribution in [0.3, 0.4) is 0 Å². The second-order valence-corrected chi connectivity index (χ2v) is 7.39. The third-order valence-electron chi connectivity index (χ3n) is 4.92. The van der Waals surface area contributed by atoms with Gasteiger partial charge in [0.1, 0.15) is 18.1 Å². The van der Waals surface area contributed by atoms with E-state index in [4.69, 9.17) is 14.9 Å². The first-order chi connectivity index (χ1) is 16.1. The molecule has 0 fully saturated rings. The monoisotopic (exact) mass is 441 g/mol. The molecule has 3 aromatic carbocycles. The van der Waals surface area contributed by atoms with Crippen molar-refractivity contribution in [3.63, 3.8) is 0 Å². The SMILES string of the molecule is O=C(O)CCC(=O)Nc1ccc(OCc2cc(-c3ccccc3)n(-c3ccccc3)n2)cc1. The van der Waals surface area contributed by atoms with Crippen LogP contribution in [0.4, 0.5) is 5.69 Å². The van der Waals surface area contributed by atoms with Crippen LogP contribution in [0.5, 0.6) is 5.75 Å². The number of anilines is 1. The quantitative estimate of drug-likeness (QED) is 0.384. The van der Waals surface area contributed by atoms with E-state index in [-0.39, 0.29) is 25.4 Å². The first-order valence-corrected chi connectivity index (χ1v) is 10.5. The summed E-state index contributed by atoms with van der Waals surface area (Å²) < 4.78 is 7.81. The lowest BCUT2D eigenvalue weighted by molar-refractivity contribution is -0.138. The lowest BCUT2D eigenvalue weighted by Crippen LogP contribution is -2.13. The number of carboxylic acids is 1. The van der Waals surface area contributed by atoms with E-state index < -0.39 is 5.97 Å². The summed E-state index contributed by atoms with van der Waals surface area (Å²) in [7, 11) is 0. The molecule has 0 spiro atoms. The van der Waals surface area contributed by atoms with Gasteiger partial charge in [-0.1, -0.05) is 48.5 Å². The molecule has 0 saturated heterocycles. The maximum Gasteiger partial charge on any atom is 0.303 e. The predicted octanol–water partition coefficient (Wildman–Crippen LogP) is 4.92. The van der Waals surface area contributed by atoms with E-state index in [1.165, 1.54) is 0 Å². The molecule has 33 heavy (non-hydrogen) atoms. The van der Waals surface area contributed by atoms with Gasteiger partial charge in [0.15, 0.2) is 0 Å². The normalized spacial score (nSPS) is 10.5. The number of aromatic nitrogens is 2. The summed E-state index contributed by atoms with van der Waals surface area (Å²) in [6, 6.07) is 28.9. The molecule has 0 atom stereocenters. The molecule has 0 radical (unpaired) electrons. The summed E-state index contributed by atoms with van der Waals surface area (Å²) in [6.07, 6.45) is -0.269. The Balaban J connectivity index is 1.45. The molecule has 0 saturated carbocycles. The van der Waals surface area contributed by atoms with Crippen LogP contribution in [-0.2, 0) is 16.2 Å². The van der Waals surface area contributed by atoms with Gasteiger partial charge in [0.05, 0.1) is 17.8 Å². The highest BCUT2D eigenvalue weighted by Gasteiger charge is 2.12. The van der Waals surface area contributed by atoms with Gasteiger partial charge >= 0.3 is 5.97 Å². The van der Waals surface area contributed by atoms with Crippen LogP contribution in [0.25, 0.3) is 16.9 Å². The smallest absolute Gasteiger partial charge is 0.303 e. The summed E-state index contributed by atoms with van der Waals surface area (Å²) in [5.41, 5.74) is 4.36. The van der Waals surface area contributed by atoms with Gasteiger partial charge in [0, 0.05) is 17.7 Å². The van der Waals surface area contributed by atoms with E-state index in [9.17, 15) is 9.59 Å².